The molecule has 0 aliphatic rings. The highest BCUT2D eigenvalue weighted by Gasteiger charge is 2.10. The fourth-order valence-corrected chi connectivity index (χ4v) is 2.58. The molecule has 0 N–H and O–H groups in total. The summed E-state index contributed by atoms with van der Waals surface area (Å²) in [5.41, 5.74) is 2.38. The number of hydrogen-bond donors (Lipinski definition) is 0. The second-order valence-electron chi connectivity index (χ2n) is 5.21. The van der Waals surface area contributed by atoms with Crippen molar-refractivity contribution in [1.29, 1.82) is 0 Å². The summed E-state index contributed by atoms with van der Waals surface area (Å²) >= 11 is 0. The lowest BCUT2D eigenvalue weighted by Gasteiger charge is -2.16. The number of hydrogen-bond acceptors (Lipinski definition) is 1. The Balaban J connectivity index is 2.16. The Hall–Kier alpha value is -2.35. The molecule has 20 heavy (non-hydrogen) atoms. The first-order valence-electron chi connectivity index (χ1n) is 6.83. The average Bonchev–Trinajstić information content (AvgIpc) is 2.48. The van der Waals surface area contributed by atoms with Crippen LogP contribution in [0, 0.1) is 6.92 Å². The van der Waals surface area contributed by atoms with E-state index < -0.39 is 0 Å². The van der Waals surface area contributed by atoms with E-state index in [1.807, 2.05) is 55.6 Å². The van der Waals surface area contributed by atoms with Gasteiger partial charge in [-0.1, -0.05) is 48.0 Å². The van der Waals surface area contributed by atoms with Crippen LogP contribution in [0.4, 0.5) is 0 Å². The maximum atomic E-state index is 12.6. The molecule has 0 saturated carbocycles. The maximum absolute atomic E-state index is 12.6. The Kier molecular flexibility index (Phi) is 3.15. The van der Waals surface area contributed by atoms with Gasteiger partial charge in [0.1, 0.15) is 0 Å². The SMILES string of the molecule is Cc1ccc2c(=O)n(C(C)c3ccccc3)ccc2c1. The van der Waals surface area contributed by atoms with E-state index in [1.165, 1.54) is 5.56 Å². The minimum Gasteiger partial charge on any atom is -0.308 e. The number of pyridine rings is 1. The zero-order valence-corrected chi connectivity index (χ0v) is 11.7. The van der Waals surface area contributed by atoms with Crippen molar-refractivity contribution < 1.29 is 0 Å². The number of aryl methyl sites for hydroxylation is 1. The highest BCUT2D eigenvalue weighted by Crippen LogP contribution is 2.18. The van der Waals surface area contributed by atoms with Crippen molar-refractivity contribution in [2.75, 3.05) is 0 Å². The van der Waals surface area contributed by atoms with Gasteiger partial charge in [0, 0.05) is 11.6 Å². The fraction of sp³-hybridized carbons (Fsp3) is 0.167. The summed E-state index contributed by atoms with van der Waals surface area (Å²) < 4.78 is 1.80. The molecule has 3 rings (SSSR count). The first kappa shape index (κ1) is 12.7. The zero-order chi connectivity index (χ0) is 14.1. The van der Waals surface area contributed by atoms with Gasteiger partial charge in [-0.2, -0.15) is 0 Å². The van der Waals surface area contributed by atoms with Crippen molar-refractivity contribution in [2.24, 2.45) is 0 Å². The minimum atomic E-state index is 0.0365. The largest absolute Gasteiger partial charge is 0.308 e. The Labute approximate surface area is 118 Å². The summed E-state index contributed by atoms with van der Waals surface area (Å²) in [6.07, 6.45) is 1.89. The van der Waals surface area contributed by atoms with Crippen LogP contribution < -0.4 is 5.56 Å². The van der Waals surface area contributed by atoms with E-state index in [1.54, 1.807) is 4.57 Å². The lowest BCUT2D eigenvalue weighted by Crippen LogP contribution is -2.23. The molecule has 0 bridgehead atoms. The Morgan fingerprint density at radius 2 is 1.75 bits per heavy atom. The first-order chi connectivity index (χ1) is 9.66. The van der Waals surface area contributed by atoms with Gasteiger partial charge in [0.15, 0.2) is 0 Å². The van der Waals surface area contributed by atoms with Crippen molar-refractivity contribution >= 4 is 10.8 Å². The molecule has 1 heterocycles. The van der Waals surface area contributed by atoms with Crippen LogP contribution in [0.15, 0.2) is 65.6 Å². The van der Waals surface area contributed by atoms with Crippen LogP contribution in [0.2, 0.25) is 0 Å². The lowest BCUT2D eigenvalue weighted by molar-refractivity contribution is 0.619. The van der Waals surface area contributed by atoms with Gasteiger partial charge in [-0.15, -0.1) is 0 Å². The molecule has 0 fully saturated rings. The van der Waals surface area contributed by atoms with E-state index in [9.17, 15) is 4.79 Å². The van der Waals surface area contributed by atoms with Crippen LogP contribution in [0.25, 0.3) is 10.8 Å². The van der Waals surface area contributed by atoms with Crippen molar-refractivity contribution in [2.45, 2.75) is 19.9 Å². The van der Waals surface area contributed by atoms with Crippen molar-refractivity contribution in [3.8, 4) is 0 Å². The first-order valence-corrected chi connectivity index (χ1v) is 6.83. The van der Waals surface area contributed by atoms with Gasteiger partial charge in [-0.25, -0.2) is 0 Å². The van der Waals surface area contributed by atoms with Crippen molar-refractivity contribution in [3.63, 3.8) is 0 Å². The van der Waals surface area contributed by atoms with Gasteiger partial charge in [-0.3, -0.25) is 4.79 Å². The summed E-state index contributed by atoms with van der Waals surface area (Å²) in [4.78, 5) is 12.6. The van der Waals surface area contributed by atoms with E-state index in [0.717, 1.165) is 16.3 Å². The highest BCUT2D eigenvalue weighted by atomic mass is 16.1. The Morgan fingerprint density at radius 3 is 2.50 bits per heavy atom. The molecule has 2 aromatic carbocycles. The number of rotatable bonds is 2. The van der Waals surface area contributed by atoms with Gasteiger partial charge in [0.2, 0.25) is 0 Å². The molecule has 2 heteroatoms. The smallest absolute Gasteiger partial charge is 0.258 e. The quantitative estimate of drug-likeness (QED) is 0.687. The molecular weight excluding hydrogens is 246 g/mol. The third-order valence-corrected chi connectivity index (χ3v) is 3.79. The van der Waals surface area contributed by atoms with Gasteiger partial charge in [-0.05, 0) is 36.9 Å². The zero-order valence-electron chi connectivity index (χ0n) is 11.7. The molecule has 2 nitrogen and oxygen atoms in total. The summed E-state index contributed by atoms with van der Waals surface area (Å²) in [6.45, 7) is 4.09. The molecule has 0 aliphatic carbocycles. The maximum Gasteiger partial charge on any atom is 0.258 e. The number of fused-ring (bicyclic) bond motifs is 1. The lowest BCUT2D eigenvalue weighted by atomic mass is 10.1. The fourth-order valence-electron chi connectivity index (χ4n) is 2.58. The van der Waals surface area contributed by atoms with E-state index in [0.29, 0.717) is 0 Å². The van der Waals surface area contributed by atoms with Crippen LogP contribution in [0.1, 0.15) is 24.1 Å². The third kappa shape index (κ3) is 2.14. The molecule has 0 radical (unpaired) electrons. The molecule has 1 atom stereocenters. The topological polar surface area (TPSA) is 22.0 Å². The van der Waals surface area contributed by atoms with E-state index >= 15 is 0 Å². The predicted octanol–water partition coefficient (Wildman–Crippen LogP) is 3.92. The Bertz CT molecular complexity index is 803. The van der Waals surface area contributed by atoms with E-state index in [4.69, 9.17) is 0 Å². The molecular formula is C18H17NO. The summed E-state index contributed by atoms with van der Waals surface area (Å²) in [5.74, 6) is 0. The van der Waals surface area contributed by atoms with E-state index in [2.05, 4.69) is 19.1 Å². The number of benzene rings is 2. The molecule has 1 aromatic heterocycles. The molecule has 100 valence electrons. The summed E-state index contributed by atoms with van der Waals surface area (Å²) in [6, 6.07) is 18.1. The molecule has 1 unspecified atom stereocenters. The van der Waals surface area contributed by atoms with Crippen LogP contribution in [0.5, 0.6) is 0 Å². The second-order valence-corrected chi connectivity index (χ2v) is 5.21. The van der Waals surface area contributed by atoms with Crippen LogP contribution in [-0.2, 0) is 0 Å². The summed E-state index contributed by atoms with van der Waals surface area (Å²) in [5, 5.41) is 1.78. The molecule has 0 amide bonds. The Morgan fingerprint density at radius 1 is 1.00 bits per heavy atom. The molecule has 3 aromatic rings. The average molecular weight is 263 g/mol. The number of aromatic nitrogens is 1. The monoisotopic (exact) mass is 263 g/mol. The predicted molar refractivity (Wildman–Crippen MR) is 83.2 cm³/mol. The minimum absolute atomic E-state index is 0.0365. The van der Waals surface area contributed by atoms with Gasteiger partial charge in [0.05, 0.1) is 6.04 Å². The van der Waals surface area contributed by atoms with Crippen LogP contribution >= 0.6 is 0 Å². The van der Waals surface area contributed by atoms with E-state index in [-0.39, 0.29) is 11.6 Å². The van der Waals surface area contributed by atoms with Crippen LogP contribution in [0.3, 0.4) is 0 Å². The molecule has 0 spiro atoms. The second kappa shape index (κ2) is 4.97. The van der Waals surface area contributed by atoms with Gasteiger partial charge in [0.25, 0.3) is 5.56 Å². The third-order valence-electron chi connectivity index (χ3n) is 3.79. The van der Waals surface area contributed by atoms with Crippen LogP contribution in [-0.4, -0.2) is 4.57 Å². The molecule has 0 saturated heterocycles. The normalized spacial score (nSPS) is 12.5. The highest BCUT2D eigenvalue weighted by molar-refractivity contribution is 5.82. The molecule has 0 aliphatic heterocycles. The number of nitrogens with zero attached hydrogens (tertiary/aromatic N) is 1. The summed E-state index contributed by atoms with van der Waals surface area (Å²) in [7, 11) is 0. The standard InChI is InChI=1S/C18H17NO/c1-13-8-9-17-16(12-13)10-11-19(18(17)20)14(2)15-6-4-3-5-7-15/h3-12,14H,1-2H3. The van der Waals surface area contributed by atoms with Gasteiger partial charge < -0.3 is 4.57 Å². The van der Waals surface area contributed by atoms with Crippen molar-refractivity contribution in [1.82, 2.24) is 4.57 Å². The van der Waals surface area contributed by atoms with Crippen molar-refractivity contribution in [3.05, 3.63) is 82.3 Å². The van der Waals surface area contributed by atoms with Gasteiger partial charge >= 0.3 is 0 Å².